The van der Waals surface area contributed by atoms with Crippen LogP contribution in [-0.2, 0) is 32.5 Å². The summed E-state index contributed by atoms with van der Waals surface area (Å²) in [7, 11) is -4.08. The number of sulfonamides is 1. The van der Waals surface area contributed by atoms with Crippen molar-refractivity contribution >= 4 is 33.2 Å². The van der Waals surface area contributed by atoms with Crippen molar-refractivity contribution in [3.63, 3.8) is 0 Å². The summed E-state index contributed by atoms with van der Waals surface area (Å²) in [6.45, 7) is 2.29. The first-order valence-electron chi connectivity index (χ1n) is 11.3. The van der Waals surface area contributed by atoms with E-state index in [4.69, 9.17) is 0 Å². The summed E-state index contributed by atoms with van der Waals surface area (Å²) in [5.74, 6) is -1.14. The molecule has 3 aromatic carbocycles. The molecule has 0 aromatic heterocycles. The minimum Gasteiger partial charge on any atom is -0.325 e. The van der Waals surface area contributed by atoms with Crippen LogP contribution in [0.3, 0.4) is 0 Å². The van der Waals surface area contributed by atoms with Crippen LogP contribution in [0.25, 0.3) is 0 Å². The number of hydrogen-bond donors (Lipinski definition) is 2. The zero-order chi connectivity index (χ0) is 25.0. The maximum atomic E-state index is 13.6. The first-order chi connectivity index (χ1) is 16.8. The fourth-order valence-corrected chi connectivity index (χ4v) is 5.33. The average Bonchev–Trinajstić information content (AvgIpc) is 3.27. The first kappa shape index (κ1) is 24.6. The Morgan fingerprint density at radius 2 is 1.80 bits per heavy atom. The molecule has 3 aromatic rings. The van der Waals surface area contributed by atoms with Crippen LogP contribution in [0.1, 0.15) is 24.5 Å². The molecule has 182 valence electrons. The van der Waals surface area contributed by atoms with Crippen molar-refractivity contribution in [2.24, 2.45) is 0 Å². The normalized spacial score (nSPS) is 13.8. The Kier molecular flexibility index (Phi) is 7.28. The molecule has 0 saturated carbocycles. The summed E-state index contributed by atoms with van der Waals surface area (Å²) in [5.41, 5.74) is 2.46. The van der Waals surface area contributed by atoms with Crippen LogP contribution in [0.2, 0.25) is 0 Å². The summed E-state index contributed by atoms with van der Waals surface area (Å²) >= 11 is 0. The Morgan fingerprint density at radius 3 is 2.51 bits per heavy atom. The van der Waals surface area contributed by atoms with E-state index in [2.05, 4.69) is 10.0 Å². The Bertz CT molecular complexity index is 1350. The van der Waals surface area contributed by atoms with Gasteiger partial charge in [0.1, 0.15) is 11.9 Å². The summed E-state index contributed by atoms with van der Waals surface area (Å²) < 4.78 is 42.7. The molecule has 0 fully saturated rings. The van der Waals surface area contributed by atoms with Crippen molar-refractivity contribution in [3.8, 4) is 0 Å². The number of fused-ring (bicyclic) bond motifs is 1. The van der Waals surface area contributed by atoms with Gasteiger partial charge in [-0.1, -0.05) is 43.3 Å². The number of carbonyl (C=O) groups excluding carboxylic acids is 2. The van der Waals surface area contributed by atoms with Crippen molar-refractivity contribution in [3.05, 3.63) is 89.7 Å². The molecule has 35 heavy (non-hydrogen) atoms. The fourth-order valence-electron chi connectivity index (χ4n) is 4.08. The van der Waals surface area contributed by atoms with Gasteiger partial charge in [0, 0.05) is 24.3 Å². The average molecular weight is 496 g/mol. The number of halogens is 1. The fraction of sp³-hybridized carbons (Fsp3) is 0.231. The maximum Gasteiger partial charge on any atom is 0.242 e. The molecule has 0 bridgehead atoms. The van der Waals surface area contributed by atoms with Gasteiger partial charge in [-0.2, -0.15) is 4.72 Å². The number of anilines is 2. The van der Waals surface area contributed by atoms with Crippen LogP contribution < -0.4 is 14.9 Å². The molecule has 0 spiro atoms. The molecule has 2 N–H and O–H groups in total. The van der Waals surface area contributed by atoms with Gasteiger partial charge in [0.05, 0.1) is 4.90 Å². The molecule has 0 saturated heterocycles. The Morgan fingerprint density at radius 1 is 1.03 bits per heavy atom. The molecule has 0 aliphatic carbocycles. The third kappa shape index (κ3) is 5.75. The SMILES string of the molecule is CCC(=O)N1CCc2cc(S(=O)(=O)NC(Cc3ccccc3)C(=O)Nc3cccc(F)c3)ccc21. The minimum absolute atomic E-state index is 0.0127. The maximum absolute atomic E-state index is 13.6. The van der Waals surface area contributed by atoms with Crippen molar-refractivity contribution in [2.45, 2.75) is 37.1 Å². The van der Waals surface area contributed by atoms with Crippen LogP contribution in [-0.4, -0.2) is 32.8 Å². The van der Waals surface area contributed by atoms with Gasteiger partial charge in [0.15, 0.2) is 0 Å². The molecular weight excluding hydrogens is 469 g/mol. The number of amides is 2. The van der Waals surface area contributed by atoms with Gasteiger partial charge >= 0.3 is 0 Å². The van der Waals surface area contributed by atoms with Gasteiger partial charge in [0.25, 0.3) is 0 Å². The largest absolute Gasteiger partial charge is 0.325 e. The number of hydrogen-bond acceptors (Lipinski definition) is 4. The predicted octanol–water partition coefficient (Wildman–Crippen LogP) is 3.65. The summed E-state index contributed by atoms with van der Waals surface area (Å²) in [5, 5.41) is 2.59. The van der Waals surface area contributed by atoms with E-state index in [0.717, 1.165) is 17.2 Å². The third-order valence-electron chi connectivity index (χ3n) is 5.85. The molecule has 1 aliphatic rings. The number of nitrogens with zero attached hydrogens (tertiary/aromatic N) is 1. The highest BCUT2D eigenvalue weighted by atomic mass is 32.2. The van der Waals surface area contributed by atoms with Gasteiger partial charge in [-0.05, 0) is 60.4 Å². The molecule has 4 rings (SSSR count). The highest BCUT2D eigenvalue weighted by Gasteiger charge is 2.29. The van der Waals surface area contributed by atoms with Crippen molar-refractivity contribution < 1.29 is 22.4 Å². The second-order valence-electron chi connectivity index (χ2n) is 8.30. The summed E-state index contributed by atoms with van der Waals surface area (Å²) in [4.78, 5) is 26.9. The smallest absolute Gasteiger partial charge is 0.242 e. The lowest BCUT2D eigenvalue weighted by atomic mass is 10.1. The van der Waals surface area contributed by atoms with Gasteiger partial charge in [-0.15, -0.1) is 0 Å². The molecule has 1 unspecified atom stereocenters. The molecule has 0 radical (unpaired) electrons. The highest BCUT2D eigenvalue weighted by molar-refractivity contribution is 7.89. The van der Waals surface area contributed by atoms with Gasteiger partial charge in [-0.25, -0.2) is 12.8 Å². The lowest BCUT2D eigenvalue weighted by Crippen LogP contribution is -2.45. The molecule has 2 amide bonds. The molecule has 1 aliphatic heterocycles. The van der Waals surface area contributed by atoms with Crippen LogP contribution in [0.4, 0.5) is 15.8 Å². The zero-order valence-electron chi connectivity index (χ0n) is 19.2. The van der Waals surface area contributed by atoms with E-state index >= 15 is 0 Å². The first-order valence-corrected chi connectivity index (χ1v) is 12.8. The van der Waals surface area contributed by atoms with E-state index < -0.39 is 27.8 Å². The zero-order valence-corrected chi connectivity index (χ0v) is 20.0. The topological polar surface area (TPSA) is 95.6 Å². The van der Waals surface area contributed by atoms with Crippen molar-refractivity contribution in [2.75, 3.05) is 16.8 Å². The number of rotatable bonds is 8. The Balaban J connectivity index is 1.59. The van der Waals surface area contributed by atoms with Crippen LogP contribution in [0, 0.1) is 5.82 Å². The number of nitrogens with one attached hydrogen (secondary N) is 2. The quantitative estimate of drug-likeness (QED) is 0.499. The lowest BCUT2D eigenvalue weighted by Gasteiger charge is -2.20. The second kappa shape index (κ2) is 10.4. The van der Waals surface area contributed by atoms with Crippen molar-refractivity contribution in [1.29, 1.82) is 0 Å². The molecule has 9 heteroatoms. The van der Waals surface area contributed by atoms with Gasteiger partial charge in [-0.3, -0.25) is 9.59 Å². The minimum atomic E-state index is -4.08. The Labute approximate surface area is 204 Å². The second-order valence-corrected chi connectivity index (χ2v) is 10.0. The van der Waals surface area contributed by atoms with Crippen LogP contribution in [0.5, 0.6) is 0 Å². The molecule has 7 nitrogen and oxygen atoms in total. The Hall–Kier alpha value is -3.56. The van der Waals surface area contributed by atoms with E-state index in [-0.39, 0.29) is 22.9 Å². The van der Waals surface area contributed by atoms with Gasteiger partial charge < -0.3 is 10.2 Å². The van der Waals surface area contributed by atoms with E-state index in [1.165, 1.54) is 24.3 Å². The van der Waals surface area contributed by atoms with Crippen molar-refractivity contribution in [1.82, 2.24) is 4.72 Å². The molecule has 1 heterocycles. The highest BCUT2D eigenvalue weighted by Crippen LogP contribution is 2.30. The van der Waals surface area contributed by atoms with E-state index in [9.17, 15) is 22.4 Å². The lowest BCUT2D eigenvalue weighted by molar-refractivity contribution is -0.118. The van der Waals surface area contributed by atoms with E-state index in [1.807, 2.05) is 6.07 Å². The monoisotopic (exact) mass is 495 g/mol. The van der Waals surface area contributed by atoms with E-state index in [0.29, 0.717) is 25.1 Å². The van der Waals surface area contributed by atoms with Crippen LogP contribution in [0.15, 0.2) is 77.7 Å². The third-order valence-corrected chi connectivity index (χ3v) is 7.32. The van der Waals surface area contributed by atoms with E-state index in [1.54, 1.807) is 48.2 Å². The number of carbonyl (C=O) groups is 2. The molecular formula is C26H26FN3O4S. The molecule has 1 atom stereocenters. The predicted molar refractivity (Wildman–Crippen MR) is 132 cm³/mol. The summed E-state index contributed by atoms with van der Waals surface area (Å²) in [6, 6.07) is 17.9. The number of benzene rings is 3. The van der Waals surface area contributed by atoms with Crippen LogP contribution >= 0.6 is 0 Å². The summed E-state index contributed by atoms with van der Waals surface area (Å²) in [6.07, 6.45) is 1.02. The standard InChI is InChI=1S/C26H26FN3O4S/c1-2-25(31)30-14-13-19-16-22(11-12-24(19)30)35(33,34)29-23(15-18-7-4-3-5-8-18)26(32)28-21-10-6-9-20(27)17-21/h3-12,16-17,23,29H,2,13-15H2,1H3,(H,28,32). The van der Waals surface area contributed by atoms with Gasteiger partial charge in [0.2, 0.25) is 21.8 Å².